The van der Waals surface area contributed by atoms with Gasteiger partial charge in [0, 0.05) is 26.1 Å². The van der Waals surface area contributed by atoms with Crippen molar-refractivity contribution in [3.63, 3.8) is 0 Å². The molecular formula is C19H26N4O3S. The molecule has 146 valence electrons. The van der Waals surface area contributed by atoms with Crippen LogP contribution < -0.4 is 10.9 Å². The molecule has 0 saturated carbocycles. The van der Waals surface area contributed by atoms with Crippen LogP contribution in [0.3, 0.4) is 0 Å². The van der Waals surface area contributed by atoms with Gasteiger partial charge in [-0.25, -0.2) is 4.68 Å². The number of aromatic nitrogens is 3. The number of thiophene rings is 1. The lowest BCUT2D eigenvalue weighted by Gasteiger charge is -2.09. The predicted molar refractivity (Wildman–Crippen MR) is 108 cm³/mol. The summed E-state index contributed by atoms with van der Waals surface area (Å²) in [6.07, 6.45) is 1.96. The third kappa shape index (κ3) is 4.56. The Hall–Kier alpha value is -2.19. The molecule has 0 aliphatic rings. The van der Waals surface area contributed by atoms with Crippen molar-refractivity contribution < 1.29 is 9.53 Å². The van der Waals surface area contributed by atoms with Crippen LogP contribution >= 0.6 is 11.3 Å². The molecule has 0 atom stereocenters. The van der Waals surface area contributed by atoms with Crippen molar-refractivity contribution in [2.24, 2.45) is 0 Å². The predicted octanol–water partition coefficient (Wildman–Crippen LogP) is 2.73. The maximum absolute atomic E-state index is 12.7. The summed E-state index contributed by atoms with van der Waals surface area (Å²) in [5.74, 6) is 0.765. The van der Waals surface area contributed by atoms with Crippen LogP contribution in [0.1, 0.15) is 38.9 Å². The second-order valence-electron chi connectivity index (χ2n) is 6.84. The first kappa shape index (κ1) is 19.6. The fourth-order valence-electron chi connectivity index (χ4n) is 3.08. The van der Waals surface area contributed by atoms with Gasteiger partial charge >= 0.3 is 0 Å². The van der Waals surface area contributed by atoms with Crippen LogP contribution in [-0.2, 0) is 16.1 Å². The molecule has 0 radical (unpaired) electrons. The number of rotatable bonds is 9. The largest absolute Gasteiger partial charge is 0.379 e. The van der Waals surface area contributed by atoms with Crippen LogP contribution in [0.4, 0.5) is 0 Å². The van der Waals surface area contributed by atoms with Gasteiger partial charge in [0.15, 0.2) is 0 Å². The van der Waals surface area contributed by atoms with Crippen molar-refractivity contribution in [1.29, 1.82) is 0 Å². The first-order chi connectivity index (χ1) is 13.0. The van der Waals surface area contributed by atoms with E-state index in [1.54, 1.807) is 11.3 Å². The molecule has 3 aromatic rings. The van der Waals surface area contributed by atoms with Crippen LogP contribution in [0.15, 0.2) is 22.3 Å². The zero-order valence-corrected chi connectivity index (χ0v) is 16.8. The van der Waals surface area contributed by atoms with Crippen LogP contribution in [0.2, 0.25) is 0 Å². The number of carbonyl (C=O) groups is 1. The molecule has 0 spiro atoms. The van der Waals surface area contributed by atoms with E-state index in [0.717, 1.165) is 22.5 Å². The minimum atomic E-state index is -0.116. The van der Waals surface area contributed by atoms with Crippen molar-refractivity contribution in [1.82, 2.24) is 19.5 Å². The number of fused-ring (bicyclic) bond motifs is 3. The van der Waals surface area contributed by atoms with Gasteiger partial charge in [0.25, 0.3) is 5.56 Å². The second-order valence-corrected chi connectivity index (χ2v) is 7.78. The summed E-state index contributed by atoms with van der Waals surface area (Å²) in [5, 5.41) is 9.32. The molecule has 0 aromatic carbocycles. The number of hydrogen-bond acceptors (Lipinski definition) is 5. The maximum atomic E-state index is 12.7. The van der Waals surface area contributed by atoms with E-state index in [1.165, 1.54) is 4.68 Å². The Bertz CT molecular complexity index is 986. The van der Waals surface area contributed by atoms with Gasteiger partial charge < -0.3 is 10.1 Å². The van der Waals surface area contributed by atoms with Crippen molar-refractivity contribution in [2.75, 3.05) is 13.2 Å². The highest BCUT2D eigenvalue weighted by atomic mass is 32.1. The summed E-state index contributed by atoms with van der Waals surface area (Å²) < 4.78 is 9.89. The van der Waals surface area contributed by atoms with Crippen LogP contribution in [0.25, 0.3) is 15.7 Å². The summed E-state index contributed by atoms with van der Waals surface area (Å²) in [7, 11) is 0. The first-order valence-electron chi connectivity index (χ1n) is 9.32. The Morgan fingerprint density at radius 2 is 2.15 bits per heavy atom. The van der Waals surface area contributed by atoms with E-state index < -0.39 is 0 Å². The van der Waals surface area contributed by atoms with E-state index in [4.69, 9.17) is 4.74 Å². The highest BCUT2D eigenvalue weighted by Gasteiger charge is 2.13. The van der Waals surface area contributed by atoms with Gasteiger partial charge in [-0.05, 0) is 51.1 Å². The zero-order valence-electron chi connectivity index (χ0n) is 16.0. The number of ether oxygens (including phenoxy) is 1. The van der Waals surface area contributed by atoms with Crippen LogP contribution in [0.5, 0.6) is 0 Å². The molecule has 0 aliphatic carbocycles. The number of nitrogens with zero attached hydrogens (tertiary/aromatic N) is 3. The van der Waals surface area contributed by atoms with E-state index in [1.807, 2.05) is 42.7 Å². The average molecular weight is 391 g/mol. The lowest BCUT2D eigenvalue weighted by molar-refractivity contribution is -0.121. The summed E-state index contributed by atoms with van der Waals surface area (Å²) in [4.78, 5) is 24.6. The van der Waals surface area contributed by atoms with Crippen molar-refractivity contribution in [3.8, 4) is 0 Å². The van der Waals surface area contributed by atoms with E-state index in [-0.39, 0.29) is 17.6 Å². The molecular weight excluding hydrogens is 364 g/mol. The van der Waals surface area contributed by atoms with Gasteiger partial charge in [0.05, 0.1) is 16.3 Å². The first-order valence-corrected chi connectivity index (χ1v) is 10.2. The summed E-state index contributed by atoms with van der Waals surface area (Å²) >= 11 is 1.61. The second kappa shape index (κ2) is 8.67. The number of aryl methyl sites for hydroxylation is 2. The Morgan fingerprint density at radius 1 is 1.33 bits per heavy atom. The van der Waals surface area contributed by atoms with Gasteiger partial charge in [-0.2, -0.15) is 5.10 Å². The minimum Gasteiger partial charge on any atom is -0.379 e. The highest BCUT2D eigenvalue weighted by Crippen LogP contribution is 2.24. The average Bonchev–Trinajstić information content (AvgIpc) is 3.19. The molecule has 7 nitrogen and oxygen atoms in total. The molecule has 27 heavy (non-hydrogen) atoms. The fraction of sp³-hybridized carbons (Fsp3) is 0.526. The number of carbonyl (C=O) groups excluding carboxylic acids is 1. The van der Waals surface area contributed by atoms with E-state index in [0.29, 0.717) is 38.1 Å². The highest BCUT2D eigenvalue weighted by molar-refractivity contribution is 7.17. The SMILES string of the molecule is Cc1nn(CCCC(=O)NCCCOC(C)C)c(=O)c2cc3sccc3n12. The van der Waals surface area contributed by atoms with Gasteiger partial charge in [0.1, 0.15) is 11.3 Å². The smallest absolute Gasteiger partial charge is 0.291 e. The van der Waals surface area contributed by atoms with Gasteiger partial charge in [-0.15, -0.1) is 11.3 Å². The Morgan fingerprint density at radius 3 is 2.93 bits per heavy atom. The van der Waals surface area contributed by atoms with E-state index in [2.05, 4.69) is 10.4 Å². The zero-order chi connectivity index (χ0) is 19.4. The van der Waals surface area contributed by atoms with Gasteiger partial charge in [0.2, 0.25) is 5.91 Å². The molecule has 3 rings (SSSR count). The Kier molecular flexibility index (Phi) is 6.28. The van der Waals surface area contributed by atoms with Gasteiger partial charge in [-0.3, -0.25) is 14.0 Å². The maximum Gasteiger partial charge on any atom is 0.291 e. The molecule has 1 N–H and O–H groups in total. The summed E-state index contributed by atoms with van der Waals surface area (Å²) in [6, 6.07) is 3.92. The van der Waals surface area contributed by atoms with Crippen molar-refractivity contribution >= 4 is 33.0 Å². The molecule has 0 aliphatic heterocycles. The molecule has 1 amide bonds. The molecule has 0 bridgehead atoms. The third-order valence-corrected chi connectivity index (χ3v) is 5.19. The molecule has 3 aromatic heterocycles. The van der Waals surface area contributed by atoms with Crippen LogP contribution in [-0.4, -0.2) is 39.3 Å². The summed E-state index contributed by atoms with van der Waals surface area (Å²) in [6.45, 7) is 7.56. The fourth-order valence-corrected chi connectivity index (χ4v) is 3.88. The molecule has 0 saturated heterocycles. The van der Waals surface area contributed by atoms with Crippen LogP contribution in [0, 0.1) is 6.92 Å². The standard InChI is InChI=1S/C19H26N4O3S/c1-13(2)26-10-5-8-20-18(24)6-4-9-22-19(25)16-12-17-15(7-11-27-17)23(16)14(3)21-22/h7,11-13H,4-6,8-10H2,1-3H3,(H,20,24). The number of nitrogens with one attached hydrogen (secondary N) is 1. The topological polar surface area (TPSA) is 77.6 Å². The Labute approximate surface area is 161 Å². The number of hydrogen-bond donors (Lipinski definition) is 1. The number of amides is 1. The lowest BCUT2D eigenvalue weighted by atomic mass is 10.3. The van der Waals surface area contributed by atoms with Crippen molar-refractivity contribution in [3.05, 3.63) is 33.7 Å². The minimum absolute atomic E-state index is 0.00593. The summed E-state index contributed by atoms with van der Waals surface area (Å²) in [5.41, 5.74) is 1.54. The van der Waals surface area contributed by atoms with Gasteiger partial charge in [-0.1, -0.05) is 0 Å². The molecule has 3 heterocycles. The Balaban J connectivity index is 1.54. The molecule has 8 heteroatoms. The quantitative estimate of drug-likeness (QED) is 0.570. The van der Waals surface area contributed by atoms with E-state index >= 15 is 0 Å². The normalized spacial score (nSPS) is 11.7. The third-order valence-electron chi connectivity index (χ3n) is 4.33. The van der Waals surface area contributed by atoms with E-state index in [9.17, 15) is 9.59 Å². The van der Waals surface area contributed by atoms with Crippen molar-refractivity contribution in [2.45, 2.75) is 52.7 Å². The molecule has 0 unspecified atom stereocenters. The molecule has 0 fully saturated rings. The monoisotopic (exact) mass is 390 g/mol. The lowest BCUT2D eigenvalue weighted by Crippen LogP contribution is -2.28.